The van der Waals surface area contributed by atoms with Crippen molar-refractivity contribution in [1.29, 1.82) is 0 Å². The average molecular weight is 371 g/mol. The van der Waals surface area contributed by atoms with Crippen LogP contribution in [0.2, 0.25) is 0 Å². The SMILES string of the molecule is CCC1CC(CN2Cc3cccnc3Nc3ccccc32)CC(C)C1(F)F. The zero-order chi connectivity index (χ0) is 19.0. The van der Waals surface area contributed by atoms with Gasteiger partial charge in [-0.2, -0.15) is 0 Å². The lowest BCUT2D eigenvalue weighted by atomic mass is 9.72. The van der Waals surface area contributed by atoms with E-state index in [9.17, 15) is 8.78 Å². The van der Waals surface area contributed by atoms with Crippen molar-refractivity contribution in [3.05, 3.63) is 48.2 Å². The fourth-order valence-corrected chi connectivity index (χ4v) is 4.73. The summed E-state index contributed by atoms with van der Waals surface area (Å²) in [6, 6.07) is 12.2. The number of alkyl halides is 2. The molecule has 1 aromatic heterocycles. The van der Waals surface area contributed by atoms with Crippen LogP contribution in [0.1, 0.15) is 38.7 Å². The molecule has 3 unspecified atom stereocenters. The van der Waals surface area contributed by atoms with E-state index in [1.807, 2.05) is 25.1 Å². The topological polar surface area (TPSA) is 28.2 Å². The maximum Gasteiger partial charge on any atom is 0.253 e. The number of benzene rings is 1. The molecule has 1 saturated carbocycles. The molecule has 1 fully saturated rings. The molecule has 144 valence electrons. The molecule has 1 aliphatic heterocycles. The number of hydrogen-bond acceptors (Lipinski definition) is 3. The summed E-state index contributed by atoms with van der Waals surface area (Å²) >= 11 is 0. The van der Waals surface area contributed by atoms with Crippen LogP contribution in [0, 0.1) is 17.8 Å². The van der Waals surface area contributed by atoms with Crippen LogP contribution in [-0.4, -0.2) is 17.5 Å². The molecule has 2 aromatic rings. The van der Waals surface area contributed by atoms with Gasteiger partial charge in [0.05, 0.1) is 11.4 Å². The van der Waals surface area contributed by atoms with Crippen molar-refractivity contribution >= 4 is 17.2 Å². The smallest absolute Gasteiger partial charge is 0.253 e. The number of nitrogens with zero attached hydrogens (tertiary/aromatic N) is 2. The number of anilines is 3. The summed E-state index contributed by atoms with van der Waals surface area (Å²) in [5.41, 5.74) is 3.28. The van der Waals surface area contributed by atoms with Crippen LogP contribution in [0.5, 0.6) is 0 Å². The lowest BCUT2D eigenvalue weighted by molar-refractivity contribution is -0.138. The normalized spacial score (nSPS) is 26.5. The summed E-state index contributed by atoms with van der Waals surface area (Å²) in [6.45, 7) is 5.14. The van der Waals surface area contributed by atoms with Crippen LogP contribution < -0.4 is 10.2 Å². The maximum absolute atomic E-state index is 14.5. The Hall–Kier alpha value is -2.17. The van der Waals surface area contributed by atoms with Gasteiger partial charge in [-0.3, -0.25) is 0 Å². The summed E-state index contributed by atoms with van der Waals surface area (Å²) < 4.78 is 29.0. The molecule has 1 aliphatic carbocycles. The zero-order valence-electron chi connectivity index (χ0n) is 16.0. The van der Waals surface area contributed by atoms with Crippen molar-refractivity contribution in [2.45, 2.75) is 45.6 Å². The second-order valence-electron chi connectivity index (χ2n) is 8.05. The van der Waals surface area contributed by atoms with Gasteiger partial charge in [-0.1, -0.05) is 32.0 Å². The number of fused-ring (bicyclic) bond motifs is 2. The third kappa shape index (κ3) is 3.40. The molecule has 0 radical (unpaired) electrons. The van der Waals surface area contributed by atoms with Gasteiger partial charge in [-0.05, 0) is 43.4 Å². The van der Waals surface area contributed by atoms with Crippen LogP contribution in [0.4, 0.5) is 26.0 Å². The van der Waals surface area contributed by atoms with E-state index in [4.69, 9.17) is 0 Å². The van der Waals surface area contributed by atoms with Gasteiger partial charge in [0.1, 0.15) is 5.82 Å². The number of hydrogen-bond donors (Lipinski definition) is 1. The third-order valence-electron chi connectivity index (χ3n) is 6.23. The van der Waals surface area contributed by atoms with Gasteiger partial charge in [-0.15, -0.1) is 0 Å². The van der Waals surface area contributed by atoms with Gasteiger partial charge < -0.3 is 10.2 Å². The summed E-state index contributed by atoms with van der Waals surface area (Å²) in [5, 5.41) is 3.44. The lowest BCUT2D eigenvalue weighted by Crippen LogP contribution is -2.44. The van der Waals surface area contributed by atoms with Gasteiger partial charge in [-0.25, -0.2) is 13.8 Å². The van der Waals surface area contributed by atoms with E-state index in [0.29, 0.717) is 19.3 Å². The lowest BCUT2D eigenvalue weighted by Gasteiger charge is -2.42. The number of rotatable bonds is 3. The molecule has 2 heterocycles. The molecular formula is C22H27F2N3. The van der Waals surface area contributed by atoms with Crippen LogP contribution in [0.3, 0.4) is 0 Å². The van der Waals surface area contributed by atoms with E-state index < -0.39 is 17.8 Å². The Kier molecular flexibility index (Phi) is 4.79. The highest BCUT2D eigenvalue weighted by atomic mass is 19.3. The maximum atomic E-state index is 14.5. The predicted octanol–water partition coefficient (Wildman–Crippen LogP) is 5.85. The van der Waals surface area contributed by atoms with E-state index >= 15 is 0 Å². The Morgan fingerprint density at radius 1 is 1.19 bits per heavy atom. The van der Waals surface area contributed by atoms with Gasteiger partial charge >= 0.3 is 0 Å². The van der Waals surface area contributed by atoms with Crippen molar-refractivity contribution in [1.82, 2.24) is 4.98 Å². The van der Waals surface area contributed by atoms with Gasteiger partial charge in [0.25, 0.3) is 5.92 Å². The minimum absolute atomic E-state index is 0.274. The van der Waals surface area contributed by atoms with Crippen molar-refractivity contribution in [2.24, 2.45) is 17.8 Å². The molecule has 3 nitrogen and oxygen atoms in total. The van der Waals surface area contributed by atoms with Crippen LogP contribution in [0.15, 0.2) is 42.6 Å². The van der Waals surface area contributed by atoms with E-state index in [0.717, 1.165) is 35.8 Å². The Bertz CT molecular complexity index is 808. The Labute approximate surface area is 159 Å². The Balaban J connectivity index is 1.61. The number of aromatic nitrogens is 1. The second-order valence-corrected chi connectivity index (χ2v) is 8.05. The van der Waals surface area contributed by atoms with E-state index in [2.05, 4.69) is 33.4 Å². The molecule has 3 atom stereocenters. The zero-order valence-corrected chi connectivity index (χ0v) is 16.0. The largest absolute Gasteiger partial charge is 0.365 e. The number of pyridine rings is 1. The molecule has 0 bridgehead atoms. The summed E-state index contributed by atoms with van der Waals surface area (Å²) in [5.74, 6) is -2.46. The molecule has 1 aromatic carbocycles. The highest BCUT2D eigenvalue weighted by molar-refractivity contribution is 5.77. The fraction of sp³-hybridized carbons (Fsp3) is 0.500. The minimum Gasteiger partial charge on any atom is -0.365 e. The highest BCUT2D eigenvalue weighted by Crippen LogP contribution is 2.47. The van der Waals surface area contributed by atoms with Gasteiger partial charge in [0, 0.05) is 36.7 Å². The van der Waals surface area contributed by atoms with E-state index in [1.54, 1.807) is 13.1 Å². The molecule has 0 amide bonds. The molecule has 4 rings (SSSR count). The van der Waals surface area contributed by atoms with Crippen molar-refractivity contribution in [3.8, 4) is 0 Å². The van der Waals surface area contributed by atoms with E-state index in [1.165, 1.54) is 0 Å². The molecule has 0 saturated heterocycles. The molecule has 5 heteroatoms. The first-order valence-electron chi connectivity index (χ1n) is 9.91. The standard InChI is InChI=1S/C22H27F2N3/c1-3-18-12-16(11-15(2)22(18,23)24)13-27-14-17-7-6-10-25-21(17)26-19-8-4-5-9-20(19)27/h4-10,15-16,18H,3,11-14H2,1-2H3,(H,25,26). The summed E-state index contributed by atoms with van der Waals surface area (Å²) in [6.07, 6.45) is 3.51. The number of halogens is 2. The van der Waals surface area contributed by atoms with Crippen LogP contribution >= 0.6 is 0 Å². The first-order valence-corrected chi connectivity index (χ1v) is 9.91. The summed E-state index contributed by atoms with van der Waals surface area (Å²) in [4.78, 5) is 6.82. The number of nitrogens with one attached hydrogen (secondary N) is 1. The van der Waals surface area contributed by atoms with Gasteiger partial charge in [0.2, 0.25) is 0 Å². The molecule has 1 N–H and O–H groups in total. The van der Waals surface area contributed by atoms with E-state index in [-0.39, 0.29) is 5.92 Å². The molecule has 27 heavy (non-hydrogen) atoms. The molecule has 0 spiro atoms. The van der Waals surface area contributed by atoms with Gasteiger partial charge in [0.15, 0.2) is 0 Å². The third-order valence-corrected chi connectivity index (χ3v) is 6.23. The average Bonchev–Trinajstić information content (AvgIpc) is 2.81. The first kappa shape index (κ1) is 18.2. The Morgan fingerprint density at radius 2 is 2.00 bits per heavy atom. The van der Waals surface area contributed by atoms with Crippen molar-refractivity contribution in [3.63, 3.8) is 0 Å². The Morgan fingerprint density at radius 3 is 2.81 bits per heavy atom. The van der Waals surface area contributed by atoms with Crippen molar-refractivity contribution < 1.29 is 8.78 Å². The molecule has 2 aliphatic rings. The first-order chi connectivity index (χ1) is 13.0. The van der Waals surface area contributed by atoms with Crippen LogP contribution in [-0.2, 0) is 6.54 Å². The minimum atomic E-state index is -2.54. The fourth-order valence-electron chi connectivity index (χ4n) is 4.73. The quantitative estimate of drug-likeness (QED) is 0.733. The van der Waals surface area contributed by atoms with Crippen LogP contribution in [0.25, 0.3) is 0 Å². The second kappa shape index (κ2) is 7.10. The summed E-state index contributed by atoms with van der Waals surface area (Å²) in [7, 11) is 0. The monoisotopic (exact) mass is 371 g/mol. The number of para-hydroxylation sites is 2. The van der Waals surface area contributed by atoms with Crippen molar-refractivity contribution in [2.75, 3.05) is 16.8 Å². The molecular weight excluding hydrogens is 344 g/mol. The highest BCUT2D eigenvalue weighted by Gasteiger charge is 2.49. The predicted molar refractivity (Wildman–Crippen MR) is 106 cm³/mol.